The Hall–Kier alpha value is -4.46. The summed E-state index contributed by atoms with van der Waals surface area (Å²) in [5, 5.41) is 6.78. The van der Waals surface area contributed by atoms with Crippen molar-refractivity contribution in [1.82, 2.24) is 10.7 Å². The van der Waals surface area contributed by atoms with Gasteiger partial charge in [0.05, 0.1) is 18.4 Å². The maximum absolute atomic E-state index is 12.8. The fourth-order valence-electron chi connectivity index (χ4n) is 3.98. The zero-order chi connectivity index (χ0) is 25.5. The smallest absolute Gasteiger partial charge is 0.343 e. The number of rotatable bonds is 8. The SMILES string of the molecule is CCOc1cc(/C=N/NC(=O)[C@@H]2C(=O)NC[C@@H]2c2ccccc2)ccc1OC(=O)c1ccc(C)cc1. The Morgan fingerprint density at radius 2 is 1.81 bits per heavy atom. The molecular formula is C28H27N3O5. The van der Waals surface area contributed by atoms with Gasteiger partial charge in [-0.25, -0.2) is 10.2 Å². The van der Waals surface area contributed by atoms with Gasteiger partial charge < -0.3 is 14.8 Å². The third-order valence-electron chi connectivity index (χ3n) is 5.84. The predicted molar refractivity (Wildman–Crippen MR) is 135 cm³/mol. The van der Waals surface area contributed by atoms with E-state index in [1.54, 1.807) is 30.3 Å². The largest absolute Gasteiger partial charge is 0.490 e. The molecule has 0 bridgehead atoms. The Morgan fingerprint density at radius 3 is 2.53 bits per heavy atom. The summed E-state index contributed by atoms with van der Waals surface area (Å²) < 4.78 is 11.2. The van der Waals surface area contributed by atoms with Crippen LogP contribution >= 0.6 is 0 Å². The number of carbonyl (C=O) groups excluding carboxylic acids is 3. The second-order valence-corrected chi connectivity index (χ2v) is 8.37. The molecule has 0 unspecified atom stereocenters. The number of hydrazone groups is 1. The number of hydrogen-bond acceptors (Lipinski definition) is 6. The molecule has 8 heteroatoms. The van der Waals surface area contributed by atoms with Crippen LogP contribution in [-0.2, 0) is 9.59 Å². The van der Waals surface area contributed by atoms with Crippen LogP contribution < -0.4 is 20.2 Å². The van der Waals surface area contributed by atoms with E-state index in [1.165, 1.54) is 6.21 Å². The molecule has 0 aliphatic carbocycles. The molecule has 2 amide bonds. The van der Waals surface area contributed by atoms with Crippen LogP contribution in [0.1, 0.15) is 39.9 Å². The molecule has 1 aliphatic rings. The summed E-state index contributed by atoms with van der Waals surface area (Å²) in [6.07, 6.45) is 1.44. The van der Waals surface area contributed by atoms with Gasteiger partial charge in [0.1, 0.15) is 5.92 Å². The quantitative estimate of drug-likeness (QED) is 0.167. The fourth-order valence-corrected chi connectivity index (χ4v) is 3.98. The van der Waals surface area contributed by atoms with Crippen LogP contribution in [0.4, 0.5) is 0 Å². The minimum Gasteiger partial charge on any atom is -0.490 e. The molecule has 184 valence electrons. The summed E-state index contributed by atoms with van der Waals surface area (Å²) in [6.45, 7) is 4.52. The van der Waals surface area contributed by atoms with Crippen LogP contribution in [0.2, 0.25) is 0 Å². The topological polar surface area (TPSA) is 106 Å². The van der Waals surface area contributed by atoms with Crippen molar-refractivity contribution in [2.24, 2.45) is 11.0 Å². The Morgan fingerprint density at radius 1 is 1.06 bits per heavy atom. The highest BCUT2D eigenvalue weighted by Crippen LogP contribution is 2.30. The first-order chi connectivity index (χ1) is 17.5. The third kappa shape index (κ3) is 5.78. The van der Waals surface area contributed by atoms with E-state index in [4.69, 9.17) is 9.47 Å². The number of nitrogens with zero attached hydrogens (tertiary/aromatic N) is 1. The summed E-state index contributed by atoms with van der Waals surface area (Å²) in [5.74, 6) is -1.79. The van der Waals surface area contributed by atoms with Crippen LogP contribution in [0.15, 0.2) is 77.9 Å². The molecule has 3 aromatic rings. The summed E-state index contributed by atoms with van der Waals surface area (Å²) in [7, 11) is 0. The molecule has 0 spiro atoms. The molecule has 8 nitrogen and oxygen atoms in total. The minimum atomic E-state index is -0.868. The highest BCUT2D eigenvalue weighted by molar-refractivity contribution is 6.03. The van der Waals surface area contributed by atoms with Crippen molar-refractivity contribution in [1.29, 1.82) is 0 Å². The van der Waals surface area contributed by atoms with Crippen molar-refractivity contribution < 1.29 is 23.9 Å². The third-order valence-corrected chi connectivity index (χ3v) is 5.84. The van der Waals surface area contributed by atoms with Gasteiger partial charge in [-0.15, -0.1) is 0 Å². The highest BCUT2D eigenvalue weighted by atomic mass is 16.6. The fraction of sp³-hybridized carbons (Fsp3) is 0.214. The van der Waals surface area contributed by atoms with E-state index in [9.17, 15) is 14.4 Å². The van der Waals surface area contributed by atoms with Crippen molar-refractivity contribution in [3.8, 4) is 11.5 Å². The molecule has 2 N–H and O–H groups in total. The van der Waals surface area contributed by atoms with E-state index in [-0.39, 0.29) is 17.6 Å². The Bertz CT molecular complexity index is 1270. The molecule has 2 atom stereocenters. The zero-order valence-corrected chi connectivity index (χ0v) is 20.1. The first-order valence-corrected chi connectivity index (χ1v) is 11.7. The van der Waals surface area contributed by atoms with Crippen LogP contribution in [0.3, 0.4) is 0 Å². The maximum Gasteiger partial charge on any atom is 0.343 e. The minimum absolute atomic E-state index is 0.263. The standard InChI is InChI=1S/C28H27N3O5/c1-3-35-24-15-19(11-14-23(24)36-28(34)21-12-9-18(2)10-13-21)16-30-31-27(33)25-22(17-29-26(25)32)20-7-5-4-6-8-20/h4-16,22,25H,3,17H2,1-2H3,(H,29,32)(H,31,33)/b30-16+/t22-,25+/m1/s1. The second-order valence-electron chi connectivity index (χ2n) is 8.37. The molecule has 1 saturated heterocycles. The van der Waals surface area contributed by atoms with Crippen LogP contribution in [0.5, 0.6) is 11.5 Å². The van der Waals surface area contributed by atoms with E-state index in [0.29, 0.717) is 30.0 Å². The summed E-state index contributed by atoms with van der Waals surface area (Å²) in [4.78, 5) is 37.6. The number of hydrogen-bond donors (Lipinski definition) is 2. The molecule has 1 fully saturated rings. The molecule has 0 saturated carbocycles. The summed E-state index contributed by atoms with van der Waals surface area (Å²) in [5.41, 5.74) is 5.47. The lowest BCUT2D eigenvalue weighted by atomic mass is 9.88. The van der Waals surface area contributed by atoms with Crippen LogP contribution in [-0.4, -0.2) is 37.1 Å². The molecule has 0 aromatic heterocycles. The summed E-state index contributed by atoms with van der Waals surface area (Å²) >= 11 is 0. The average molecular weight is 486 g/mol. The molecular weight excluding hydrogens is 458 g/mol. The monoisotopic (exact) mass is 485 g/mol. The van der Waals surface area contributed by atoms with E-state index in [0.717, 1.165) is 11.1 Å². The number of nitrogens with one attached hydrogen (secondary N) is 2. The van der Waals surface area contributed by atoms with Gasteiger partial charge in [-0.3, -0.25) is 9.59 Å². The van der Waals surface area contributed by atoms with E-state index >= 15 is 0 Å². The molecule has 1 heterocycles. The van der Waals surface area contributed by atoms with Crippen LogP contribution in [0.25, 0.3) is 0 Å². The molecule has 3 aromatic carbocycles. The van der Waals surface area contributed by atoms with E-state index in [1.807, 2.05) is 56.3 Å². The predicted octanol–water partition coefficient (Wildman–Crippen LogP) is 3.59. The van der Waals surface area contributed by atoms with Gasteiger partial charge in [-0.1, -0.05) is 48.0 Å². The number of amides is 2. The molecule has 36 heavy (non-hydrogen) atoms. The lowest BCUT2D eigenvalue weighted by Crippen LogP contribution is -2.34. The Balaban J connectivity index is 1.43. The van der Waals surface area contributed by atoms with Gasteiger partial charge in [-0.05, 0) is 55.3 Å². The van der Waals surface area contributed by atoms with Gasteiger partial charge in [0.25, 0.3) is 5.91 Å². The molecule has 1 aliphatic heterocycles. The van der Waals surface area contributed by atoms with Crippen molar-refractivity contribution in [3.63, 3.8) is 0 Å². The summed E-state index contributed by atoms with van der Waals surface area (Å²) in [6, 6.07) is 21.5. The number of aryl methyl sites for hydroxylation is 1. The number of ether oxygens (including phenoxy) is 2. The maximum atomic E-state index is 12.8. The zero-order valence-electron chi connectivity index (χ0n) is 20.1. The van der Waals surface area contributed by atoms with Gasteiger partial charge in [-0.2, -0.15) is 5.10 Å². The van der Waals surface area contributed by atoms with Gasteiger partial charge >= 0.3 is 5.97 Å². The van der Waals surface area contributed by atoms with E-state index in [2.05, 4.69) is 15.8 Å². The molecule has 4 rings (SSSR count). The lowest BCUT2D eigenvalue weighted by molar-refractivity contribution is -0.133. The number of benzene rings is 3. The average Bonchev–Trinajstić information content (AvgIpc) is 3.28. The Labute approximate surface area is 209 Å². The first-order valence-electron chi connectivity index (χ1n) is 11.7. The van der Waals surface area contributed by atoms with Crippen molar-refractivity contribution in [2.75, 3.05) is 13.2 Å². The molecule has 0 radical (unpaired) electrons. The number of carbonyl (C=O) groups is 3. The van der Waals surface area contributed by atoms with Gasteiger partial charge in [0.2, 0.25) is 5.91 Å². The lowest BCUT2D eigenvalue weighted by Gasteiger charge is -2.15. The normalized spacial score (nSPS) is 17.0. The van der Waals surface area contributed by atoms with Crippen LogP contribution in [0, 0.1) is 12.8 Å². The van der Waals surface area contributed by atoms with E-state index < -0.39 is 17.8 Å². The van der Waals surface area contributed by atoms with Crippen molar-refractivity contribution in [3.05, 3.63) is 95.1 Å². The van der Waals surface area contributed by atoms with Gasteiger partial charge in [0.15, 0.2) is 11.5 Å². The van der Waals surface area contributed by atoms with Gasteiger partial charge in [0, 0.05) is 12.5 Å². The highest BCUT2D eigenvalue weighted by Gasteiger charge is 2.40. The Kier molecular flexibility index (Phi) is 7.75. The number of esters is 1. The van der Waals surface area contributed by atoms with Crippen molar-refractivity contribution in [2.45, 2.75) is 19.8 Å². The first kappa shape index (κ1) is 24.7. The van der Waals surface area contributed by atoms with Crippen molar-refractivity contribution >= 4 is 24.0 Å². The second kappa shape index (κ2) is 11.3.